The van der Waals surface area contributed by atoms with Crippen molar-refractivity contribution in [2.24, 2.45) is 0 Å². The molecular formula is C26H31ClN6O. The van der Waals surface area contributed by atoms with Crippen molar-refractivity contribution in [2.75, 3.05) is 0 Å². The number of rotatable bonds is 7. The monoisotopic (exact) mass is 478 g/mol. The summed E-state index contributed by atoms with van der Waals surface area (Å²) in [6, 6.07) is 15.7. The first-order chi connectivity index (χ1) is 16.2. The molecular weight excluding hydrogens is 448 g/mol. The van der Waals surface area contributed by atoms with Crippen molar-refractivity contribution in [1.29, 1.82) is 0 Å². The topological polar surface area (TPSA) is 79.7 Å². The van der Waals surface area contributed by atoms with Gasteiger partial charge in [0.1, 0.15) is 0 Å². The molecule has 1 atom stereocenters. The highest BCUT2D eigenvalue weighted by Gasteiger charge is 2.30. The fraction of sp³-hybridized carbons (Fsp3) is 0.385. The molecule has 178 valence electrons. The van der Waals surface area contributed by atoms with Crippen LogP contribution in [0.3, 0.4) is 0 Å². The molecule has 2 aromatic carbocycles. The van der Waals surface area contributed by atoms with Crippen LogP contribution in [0.2, 0.25) is 5.02 Å². The van der Waals surface area contributed by atoms with E-state index in [-0.39, 0.29) is 17.1 Å². The van der Waals surface area contributed by atoms with E-state index >= 15 is 0 Å². The molecule has 0 fully saturated rings. The highest BCUT2D eigenvalue weighted by Crippen LogP contribution is 2.30. The molecule has 0 amide bonds. The van der Waals surface area contributed by atoms with Crippen molar-refractivity contribution in [1.82, 2.24) is 30.1 Å². The first-order valence-electron chi connectivity index (χ1n) is 11.6. The summed E-state index contributed by atoms with van der Waals surface area (Å²) in [4.78, 5) is 18.3. The zero-order valence-corrected chi connectivity index (χ0v) is 21.1. The van der Waals surface area contributed by atoms with Gasteiger partial charge in [0.2, 0.25) is 0 Å². The van der Waals surface area contributed by atoms with Crippen molar-refractivity contribution in [3.63, 3.8) is 0 Å². The molecule has 0 aliphatic heterocycles. The van der Waals surface area contributed by atoms with E-state index in [1.807, 2.05) is 54.1 Å². The van der Waals surface area contributed by atoms with Crippen LogP contribution in [0.4, 0.5) is 0 Å². The number of hydrogen-bond acceptors (Lipinski definition) is 5. The van der Waals surface area contributed by atoms with Gasteiger partial charge in [0.05, 0.1) is 11.6 Å². The number of aromatic amines is 1. The van der Waals surface area contributed by atoms with Crippen LogP contribution in [0, 0.1) is 6.92 Å². The quantitative estimate of drug-likeness (QED) is 0.385. The third-order valence-electron chi connectivity index (χ3n) is 6.04. The van der Waals surface area contributed by atoms with E-state index in [1.165, 1.54) is 0 Å². The molecule has 0 saturated carbocycles. The summed E-state index contributed by atoms with van der Waals surface area (Å²) in [7, 11) is 0. The van der Waals surface area contributed by atoms with Crippen LogP contribution >= 0.6 is 11.6 Å². The second-order valence-corrected chi connectivity index (χ2v) is 10.2. The Morgan fingerprint density at radius 3 is 2.53 bits per heavy atom. The Hall–Kier alpha value is -3.03. The van der Waals surface area contributed by atoms with Gasteiger partial charge in [-0.2, -0.15) is 0 Å². The number of pyridine rings is 1. The first-order valence-corrected chi connectivity index (χ1v) is 11.9. The van der Waals surface area contributed by atoms with Crippen LogP contribution in [0.25, 0.3) is 10.9 Å². The Morgan fingerprint density at radius 2 is 1.82 bits per heavy atom. The van der Waals surface area contributed by atoms with E-state index in [2.05, 4.69) is 59.2 Å². The van der Waals surface area contributed by atoms with E-state index in [4.69, 9.17) is 11.6 Å². The lowest BCUT2D eigenvalue weighted by molar-refractivity contribution is 0.153. The maximum absolute atomic E-state index is 13.0. The number of fused-ring (bicyclic) bond motifs is 1. The Morgan fingerprint density at radius 1 is 1.09 bits per heavy atom. The Bertz CT molecular complexity index is 1350. The molecule has 7 nitrogen and oxygen atoms in total. The van der Waals surface area contributed by atoms with Crippen molar-refractivity contribution >= 4 is 22.5 Å². The minimum atomic E-state index is -0.278. The van der Waals surface area contributed by atoms with Crippen LogP contribution in [0.1, 0.15) is 62.7 Å². The van der Waals surface area contributed by atoms with E-state index in [9.17, 15) is 4.79 Å². The molecule has 8 heteroatoms. The lowest BCUT2D eigenvalue weighted by atomic mass is 10.0. The molecule has 2 aromatic heterocycles. The van der Waals surface area contributed by atoms with E-state index in [0.29, 0.717) is 23.7 Å². The van der Waals surface area contributed by atoms with Gasteiger partial charge in [-0.05, 0) is 79.8 Å². The SMILES string of the molecule is CC[C@@H](c1nnnn1C(C)(C)C)N(Cc1ccccc1Cl)Cc1cc2cc(C)ccc2[nH]c1=O. The third-order valence-corrected chi connectivity index (χ3v) is 6.40. The van der Waals surface area contributed by atoms with Crippen LogP contribution < -0.4 is 5.56 Å². The van der Waals surface area contributed by atoms with Gasteiger partial charge in [-0.15, -0.1) is 5.10 Å². The summed E-state index contributed by atoms with van der Waals surface area (Å²) in [5.74, 6) is 0.773. The summed E-state index contributed by atoms with van der Waals surface area (Å²) >= 11 is 6.53. The number of halogens is 1. The van der Waals surface area contributed by atoms with Gasteiger partial charge >= 0.3 is 0 Å². The van der Waals surface area contributed by atoms with Gasteiger partial charge in [-0.1, -0.05) is 48.4 Å². The van der Waals surface area contributed by atoms with Crippen molar-refractivity contribution in [3.8, 4) is 0 Å². The molecule has 0 unspecified atom stereocenters. The second kappa shape index (κ2) is 9.68. The lowest BCUT2D eigenvalue weighted by Crippen LogP contribution is -2.35. The third kappa shape index (κ3) is 5.05. The van der Waals surface area contributed by atoms with Gasteiger partial charge in [0.25, 0.3) is 5.56 Å². The van der Waals surface area contributed by atoms with Gasteiger partial charge < -0.3 is 4.98 Å². The van der Waals surface area contributed by atoms with Crippen LogP contribution in [0.15, 0.2) is 53.3 Å². The maximum Gasteiger partial charge on any atom is 0.252 e. The molecule has 34 heavy (non-hydrogen) atoms. The van der Waals surface area contributed by atoms with Crippen LogP contribution in [-0.2, 0) is 18.6 Å². The standard InChI is InChI=1S/C26H31ClN6O/c1-6-23(24-29-30-31-33(24)26(3,4)5)32(15-18-9-7-8-10-21(18)27)16-20-14-19-13-17(2)11-12-22(19)28-25(20)34/h7-14,23H,6,15-16H2,1-5H3,(H,28,34)/t23-/m0/s1. The number of tetrazole rings is 1. The Kier molecular flexibility index (Phi) is 6.86. The van der Waals surface area contributed by atoms with E-state index < -0.39 is 0 Å². The van der Waals surface area contributed by atoms with Gasteiger partial charge in [-0.25, -0.2) is 4.68 Å². The summed E-state index contributed by atoms with van der Waals surface area (Å²) in [5.41, 5.74) is 3.30. The number of hydrogen-bond donors (Lipinski definition) is 1. The highest BCUT2D eigenvalue weighted by molar-refractivity contribution is 6.31. The van der Waals surface area contributed by atoms with Gasteiger partial charge in [0.15, 0.2) is 5.82 Å². The van der Waals surface area contributed by atoms with E-state index in [0.717, 1.165) is 34.3 Å². The van der Waals surface area contributed by atoms with Crippen molar-refractivity contribution in [2.45, 2.75) is 65.7 Å². The molecule has 1 N–H and O–H groups in total. The number of aromatic nitrogens is 5. The number of benzene rings is 2. The summed E-state index contributed by atoms with van der Waals surface area (Å²) in [6.07, 6.45) is 0.769. The number of nitrogens with zero attached hydrogens (tertiary/aromatic N) is 5. The normalized spacial score (nSPS) is 13.0. The second-order valence-electron chi connectivity index (χ2n) is 9.75. The van der Waals surface area contributed by atoms with E-state index in [1.54, 1.807) is 0 Å². The Labute approximate surface area is 204 Å². The van der Waals surface area contributed by atoms with Crippen LogP contribution in [0.5, 0.6) is 0 Å². The summed E-state index contributed by atoms with van der Waals surface area (Å²) < 4.78 is 1.87. The van der Waals surface area contributed by atoms with Gasteiger partial charge in [-0.3, -0.25) is 9.69 Å². The predicted molar refractivity (Wildman–Crippen MR) is 136 cm³/mol. The number of nitrogens with one attached hydrogen (secondary N) is 1. The number of H-pyrrole nitrogens is 1. The smallest absolute Gasteiger partial charge is 0.252 e. The Balaban J connectivity index is 1.79. The van der Waals surface area contributed by atoms with Gasteiger partial charge in [0, 0.05) is 29.2 Å². The average molecular weight is 479 g/mol. The molecule has 4 rings (SSSR count). The molecule has 4 aromatic rings. The average Bonchev–Trinajstić information content (AvgIpc) is 3.27. The minimum absolute atomic E-state index is 0.0919. The van der Waals surface area contributed by atoms with Crippen molar-refractivity contribution in [3.05, 3.63) is 86.4 Å². The molecule has 0 aliphatic rings. The molecule has 0 bridgehead atoms. The molecule has 0 aliphatic carbocycles. The first kappa shape index (κ1) is 24.1. The largest absolute Gasteiger partial charge is 0.322 e. The highest BCUT2D eigenvalue weighted by atomic mass is 35.5. The predicted octanol–water partition coefficient (Wildman–Crippen LogP) is 5.38. The molecule has 0 radical (unpaired) electrons. The fourth-order valence-electron chi connectivity index (χ4n) is 4.31. The summed E-state index contributed by atoms with van der Waals surface area (Å²) in [5, 5.41) is 14.4. The zero-order valence-electron chi connectivity index (χ0n) is 20.3. The minimum Gasteiger partial charge on any atom is -0.322 e. The fourth-order valence-corrected chi connectivity index (χ4v) is 4.51. The van der Waals surface area contributed by atoms with Crippen molar-refractivity contribution < 1.29 is 0 Å². The molecule has 2 heterocycles. The lowest BCUT2D eigenvalue weighted by Gasteiger charge is -2.32. The molecule has 0 saturated heterocycles. The van der Waals surface area contributed by atoms with Crippen LogP contribution in [-0.4, -0.2) is 30.1 Å². The number of aryl methyl sites for hydroxylation is 1. The zero-order chi connectivity index (χ0) is 24.5. The summed E-state index contributed by atoms with van der Waals surface area (Å²) in [6.45, 7) is 11.4. The molecule has 0 spiro atoms. The maximum atomic E-state index is 13.0.